The minimum atomic E-state index is -3.30. The summed E-state index contributed by atoms with van der Waals surface area (Å²) < 4.78 is 28.4. The molecule has 0 unspecified atom stereocenters. The van der Waals surface area contributed by atoms with Crippen molar-refractivity contribution in [2.45, 2.75) is 50.4 Å². The van der Waals surface area contributed by atoms with E-state index in [0.717, 1.165) is 19.3 Å². The molecule has 0 aromatic carbocycles. The third-order valence-corrected chi connectivity index (χ3v) is 5.80. The lowest BCUT2D eigenvalue weighted by molar-refractivity contribution is -0.151. The van der Waals surface area contributed by atoms with Crippen LogP contribution in [0.25, 0.3) is 0 Å². The molecule has 3 aliphatic carbocycles. The van der Waals surface area contributed by atoms with E-state index in [1.807, 2.05) is 0 Å². The van der Waals surface area contributed by atoms with Gasteiger partial charge in [0.2, 0.25) is 0 Å². The van der Waals surface area contributed by atoms with Crippen LogP contribution < -0.4 is 0 Å². The average Bonchev–Trinajstić information content (AvgIpc) is 1.66. The van der Waals surface area contributed by atoms with Crippen molar-refractivity contribution in [2.24, 2.45) is 5.92 Å². The third-order valence-electron chi connectivity index (χ3n) is 3.37. The summed E-state index contributed by atoms with van der Waals surface area (Å²) in [7, 11) is -3.30. The van der Waals surface area contributed by atoms with Crippen LogP contribution in [-0.2, 0) is 19.4 Å². The molecule has 0 N–H and O–H groups in total. The molecule has 0 atom stereocenters. The van der Waals surface area contributed by atoms with E-state index in [0.29, 0.717) is 5.92 Å². The second-order valence-electron chi connectivity index (χ2n) is 6.01. The molecule has 0 aromatic rings. The highest BCUT2D eigenvalue weighted by molar-refractivity contribution is 7.93. The van der Waals surface area contributed by atoms with Crippen molar-refractivity contribution >= 4 is 15.8 Å². The largest absolute Gasteiger partial charge is 0.459 e. The Labute approximate surface area is 96.3 Å². The molecule has 0 aromatic heterocycles. The molecule has 2 bridgehead atoms. The lowest BCUT2D eigenvalue weighted by Gasteiger charge is -2.60. The molecule has 3 rings (SSSR count). The molecular formula is C11H18O4S. The van der Waals surface area contributed by atoms with Crippen molar-refractivity contribution < 1.29 is 17.9 Å². The Morgan fingerprint density at radius 2 is 1.81 bits per heavy atom. The number of hydrogen-bond donors (Lipinski definition) is 0. The van der Waals surface area contributed by atoms with Gasteiger partial charge in [0, 0.05) is 0 Å². The van der Waals surface area contributed by atoms with Crippen LogP contribution in [0.2, 0.25) is 0 Å². The second kappa shape index (κ2) is 3.22. The van der Waals surface area contributed by atoms with Gasteiger partial charge in [-0.1, -0.05) is 0 Å². The fraction of sp³-hybridized carbons (Fsp3) is 0.909. The molecule has 5 heteroatoms. The van der Waals surface area contributed by atoms with Crippen LogP contribution in [0.5, 0.6) is 0 Å². The number of carbonyl (C=O) groups excluding carboxylic acids is 1. The third kappa shape index (κ3) is 1.85. The van der Waals surface area contributed by atoms with Gasteiger partial charge in [0.25, 0.3) is 0 Å². The highest BCUT2D eigenvalue weighted by Crippen LogP contribution is 2.62. The standard InChI is InChI=1S/C11H18O4S/c1-10(2,3)15-9(12)7-16(13,14)11-4-8(5-11)6-11/h8H,4-7H2,1-3H3. The van der Waals surface area contributed by atoms with Crippen LogP contribution in [0.15, 0.2) is 0 Å². The Hall–Kier alpha value is -0.580. The number of hydrogen-bond acceptors (Lipinski definition) is 4. The summed E-state index contributed by atoms with van der Waals surface area (Å²) in [5.41, 5.74) is -0.619. The van der Waals surface area contributed by atoms with E-state index in [1.54, 1.807) is 20.8 Å². The molecule has 4 nitrogen and oxygen atoms in total. The minimum absolute atomic E-state index is 0.461. The van der Waals surface area contributed by atoms with Crippen LogP contribution in [0.4, 0.5) is 0 Å². The van der Waals surface area contributed by atoms with Crippen molar-refractivity contribution in [1.29, 1.82) is 0 Å². The quantitative estimate of drug-likeness (QED) is 0.704. The molecule has 0 heterocycles. The fourth-order valence-electron chi connectivity index (χ4n) is 2.46. The van der Waals surface area contributed by atoms with Gasteiger partial charge in [-0.25, -0.2) is 8.42 Å². The molecule has 0 spiro atoms. The SMILES string of the molecule is CC(C)(C)OC(=O)CS(=O)(=O)C12CC(C1)C2. The predicted octanol–water partition coefficient (Wildman–Crippen LogP) is 1.30. The van der Waals surface area contributed by atoms with Gasteiger partial charge in [0.1, 0.15) is 11.4 Å². The first-order chi connectivity index (χ1) is 7.14. The summed E-state index contributed by atoms with van der Waals surface area (Å²) in [4.78, 5) is 11.5. The first kappa shape index (κ1) is 11.9. The van der Waals surface area contributed by atoms with E-state index in [-0.39, 0.29) is 0 Å². The number of carbonyl (C=O) groups is 1. The molecule has 16 heavy (non-hydrogen) atoms. The van der Waals surface area contributed by atoms with E-state index in [1.165, 1.54) is 0 Å². The van der Waals surface area contributed by atoms with E-state index < -0.39 is 31.9 Å². The summed E-state index contributed by atoms with van der Waals surface area (Å²) in [6.45, 7) is 5.20. The summed E-state index contributed by atoms with van der Waals surface area (Å²) in [5.74, 6) is -0.498. The van der Waals surface area contributed by atoms with Crippen molar-refractivity contribution in [3.05, 3.63) is 0 Å². The summed E-state index contributed by atoms with van der Waals surface area (Å²) in [6, 6.07) is 0. The van der Waals surface area contributed by atoms with Crippen LogP contribution in [0.3, 0.4) is 0 Å². The van der Waals surface area contributed by atoms with Gasteiger partial charge in [-0.2, -0.15) is 0 Å². The molecule has 92 valence electrons. The van der Waals surface area contributed by atoms with Crippen LogP contribution >= 0.6 is 0 Å². The number of sulfone groups is 1. The zero-order chi connectivity index (χ0) is 12.2. The normalized spacial score (nSPS) is 32.6. The fourth-order valence-corrected chi connectivity index (χ4v) is 4.60. The Morgan fingerprint density at radius 1 is 1.31 bits per heavy atom. The zero-order valence-corrected chi connectivity index (χ0v) is 10.8. The van der Waals surface area contributed by atoms with Crippen LogP contribution in [0.1, 0.15) is 40.0 Å². The molecule has 3 saturated carbocycles. The molecular weight excluding hydrogens is 228 g/mol. The molecule has 3 fully saturated rings. The van der Waals surface area contributed by atoms with E-state index in [9.17, 15) is 13.2 Å². The number of esters is 1. The summed E-state index contributed by atoms with van der Waals surface area (Å²) in [5, 5.41) is 0. The average molecular weight is 246 g/mol. The van der Waals surface area contributed by atoms with Gasteiger partial charge in [-0.05, 0) is 46.0 Å². The monoisotopic (exact) mass is 246 g/mol. The van der Waals surface area contributed by atoms with Crippen molar-refractivity contribution in [1.82, 2.24) is 0 Å². The second-order valence-corrected chi connectivity index (χ2v) is 8.39. The van der Waals surface area contributed by atoms with Crippen molar-refractivity contribution in [3.63, 3.8) is 0 Å². The van der Waals surface area contributed by atoms with Crippen LogP contribution in [-0.4, -0.2) is 30.5 Å². The minimum Gasteiger partial charge on any atom is -0.459 e. The highest BCUT2D eigenvalue weighted by atomic mass is 32.2. The molecule has 0 saturated heterocycles. The number of rotatable bonds is 3. The first-order valence-electron chi connectivity index (χ1n) is 5.58. The number of ether oxygens (including phenoxy) is 1. The van der Waals surface area contributed by atoms with Gasteiger partial charge in [0.15, 0.2) is 9.84 Å². The predicted molar refractivity (Wildman–Crippen MR) is 59.7 cm³/mol. The molecule has 0 amide bonds. The van der Waals surface area contributed by atoms with E-state index >= 15 is 0 Å². The zero-order valence-electron chi connectivity index (χ0n) is 9.95. The van der Waals surface area contributed by atoms with Crippen molar-refractivity contribution in [3.8, 4) is 0 Å². The first-order valence-corrected chi connectivity index (χ1v) is 7.23. The Morgan fingerprint density at radius 3 is 2.12 bits per heavy atom. The highest BCUT2D eigenvalue weighted by Gasteiger charge is 2.64. The Balaban J connectivity index is 1.97. The van der Waals surface area contributed by atoms with E-state index in [4.69, 9.17) is 4.74 Å². The van der Waals surface area contributed by atoms with Gasteiger partial charge >= 0.3 is 5.97 Å². The maximum Gasteiger partial charge on any atom is 0.321 e. The smallest absolute Gasteiger partial charge is 0.321 e. The van der Waals surface area contributed by atoms with Crippen LogP contribution in [0, 0.1) is 5.92 Å². The van der Waals surface area contributed by atoms with E-state index in [2.05, 4.69) is 0 Å². The summed E-state index contributed by atoms with van der Waals surface area (Å²) >= 11 is 0. The summed E-state index contributed by atoms with van der Waals surface area (Å²) in [6.07, 6.45) is 2.24. The Bertz CT molecular complexity index is 399. The molecule has 3 aliphatic rings. The lowest BCUT2D eigenvalue weighted by atomic mass is 9.55. The van der Waals surface area contributed by atoms with Gasteiger partial charge in [-0.15, -0.1) is 0 Å². The maximum atomic E-state index is 12.0. The molecule has 0 aliphatic heterocycles. The lowest BCUT2D eigenvalue weighted by Crippen LogP contribution is -2.64. The maximum absolute atomic E-state index is 12.0. The topological polar surface area (TPSA) is 60.4 Å². The molecule has 0 radical (unpaired) electrons. The van der Waals surface area contributed by atoms with Gasteiger partial charge in [-0.3, -0.25) is 4.79 Å². The Kier molecular flexibility index (Phi) is 2.39. The van der Waals surface area contributed by atoms with Crippen molar-refractivity contribution in [2.75, 3.05) is 5.75 Å². The van der Waals surface area contributed by atoms with Gasteiger partial charge < -0.3 is 4.74 Å². The van der Waals surface area contributed by atoms with Gasteiger partial charge in [0.05, 0.1) is 4.75 Å².